The molecule has 1 atom stereocenters. The lowest BCUT2D eigenvalue weighted by atomic mass is 9.98. The number of H-pyrrole nitrogens is 1. The number of carbonyl (C=O) groups is 3. The number of aromatic amines is 1. The molecule has 9 heteroatoms. The molecular weight excluding hydrogens is 501 g/mol. The number of nitrogens with one attached hydrogen (secondary N) is 3. The molecule has 1 heterocycles. The largest absolute Gasteiger partial charge is 0.481 e. The van der Waals surface area contributed by atoms with Crippen molar-refractivity contribution in [2.45, 2.75) is 24.9 Å². The number of carboxylic acids is 1. The molecule has 0 spiro atoms. The van der Waals surface area contributed by atoms with E-state index < -0.39 is 29.9 Å². The number of rotatable bonds is 9. The highest BCUT2D eigenvalue weighted by Gasteiger charge is 2.26. The van der Waals surface area contributed by atoms with Crippen molar-refractivity contribution in [2.75, 3.05) is 0 Å². The lowest BCUT2D eigenvalue weighted by Crippen LogP contribution is -2.48. The Morgan fingerprint density at radius 2 is 1.42 bits per heavy atom. The minimum absolute atomic E-state index is 0.0823. The topological polar surface area (TPSA) is 111 Å². The van der Waals surface area contributed by atoms with Gasteiger partial charge in [0.05, 0.1) is 6.04 Å². The van der Waals surface area contributed by atoms with E-state index in [0.717, 1.165) is 22.0 Å². The summed E-state index contributed by atoms with van der Waals surface area (Å²) in [5.74, 6) is -2.10. The van der Waals surface area contributed by atoms with Gasteiger partial charge in [-0.15, -0.1) is 0 Å². The summed E-state index contributed by atoms with van der Waals surface area (Å²) in [6.45, 7) is 0. The third kappa shape index (κ3) is 6.24. The molecule has 1 unspecified atom stereocenters. The fraction of sp³-hybridized carbons (Fsp3) is 0.148. The third-order valence-corrected chi connectivity index (χ3v) is 6.24. The van der Waals surface area contributed by atoms with Crippen molar-refractivity contribution in [1.29, 1.82) is 0 Å². The summed E-state index contributed by atoms with van der Waals surface area (Å²) in [5.41, 5.74) is 2.57. The number of fused-ring (bicyclic) bond motifs is 1. The van der Waals surface area contributed by atoms with Crippen molar-refractivity contribution in [2.24, 2.45) is 0 Å². The number of halogens is 2. The smallest absolute Gasteiger partial charge is 0.303 e. The van der Waals surface area contributed by atoms with E-state index in [9.17, 15) is 19.5 Å². The van der Waals surface area contributed by atoms with Crippen LogP contribution < -0.4 is 10.6 Å². The van der Waals surface area contributed by atoms with Crippen molar-refractivity contribution in [1.82, 2.24) is 15.6 Å². The van der Waals surface area contributed by atoms with Crippen molar-refractivity contribution in [3.8, 4) is 0 Å². The molecule has 4 aromatic rings. The number of carbonyl (C=O) groups excluding carboxylic acids is 2. The van der Waals surface area contributed by atoms with E-state index >= 15 is 0 Å². The first-order valence-electron chi connectivity index (χ1n) is 11.2. The van der Waals surface area contributed by atoms with Crippen LogP contribution in [-0.2, 0) is 9.59 Å². The number of aromatic nitrogens is 1. The van der Waals surface area contributed by atoms with Crippen LogP contribution in [0.2, 0.25) is 10.0 Å². The van der Waals surface area contributed by atoms with E-state index in [1.165, 1.54) is 0 Å². The molecule has 0 saturated carbocycles. The summed E-state index contributed by atoms with van der Waals surface area (Å²) in [4.78, 5) is 40.7. The summed E-state index contributed by atoms with van der Waals surface area (Å²) < 4.78 is 0. The van der Waals surface area contributed by atoms with E-state index in [1.807, 2.05) is 24.3 Å². The Morgan fingerprint density at radius 3 is 1.97 bits per heavy atom. The molecule has 0 fully saturated rings. The number of para-hydroxylation sites is 1. The lowest BCUT2D eigenvalue weighted by Gasteiger charge is -2.24. The molecule has 1 aromatic heterocycles. The van der Waals surface area contributed by atoms with Gasteiger partial charge in [-0.25, -0.2) is 0 Å². The highest BCUT2D eigenvalue weighted by atomic mass is 35.5. The molecule has 4 rings (SSSR count). The van der Waals surface area contributed by atoms with Gasteiger partial charge in [0, 0.05) is 27.4 Å². The van der Waals surface area contributed by atoms with Gasteiger partial charge in [-0.1, -0.05) is 65.7 Å². The Balaban J connectivity index is 1.59. The van der Waals surface area contributed by atoms with Crippen LogP contribution in [0, 0.1) is 0 Å². The zero-order chi connectivity index (χ0) is 25.7. The molecule has 2 amide bonds. The van der Waals surface area contributed by atoms with E-state index in [1.54, 1.807) is 54.6 Å². The molecule has 0 radical (unpaired) electrons. The van der Waals surface area contributed by atoms with Crippen LogP contribution in [0.15, 0.2) is 78.9 Å². The van der Waals surface area contributed by atoms with Gasteiger partial charge in [-0.2, -0.15) is 0 Å². The monoisotopic (exact) mass is 523 g/mol. The normalized spacial score (nSPS) is 11.9. The van der Waals surface area contributed by atoms with Gasteiger partial charge >= 0.3 is 5.97 Å². The molecule has 4 N–H and O–H groups in total. The molecular formula is C27H23Cl2N3O4. The third-order valence-electron chi connectivity index (χ3n) is 5.74. The molecule has 0 saturated heterocycles. The number of carboxylic acid groups (broad SMARTS) is 1. The Hall–Kier alpha value is -3.81. The van der Waals surface area contributed by atoms with Gasteiger partial charge in [0.2, 0.25) is 5.91 Å². The average molecular weight is 524 g/mol. The molecule has 0 bridgehead atoms. The van der Waals surface area contributed by atoms with Crippen molar-refractivity contribution < 1.29 is 19.5 Å². The van der Waals surface area contributed by atoms with Gasteiger partial charge in [-0.3, -0.25) is 14.4 Å². The Morgan fingerprint density at radius 1 is 0.833 bits per heavy atom. The zero-order valence-corrected chi connectivity index (χ0v) is 20.5. The van der Waals surface area contributed by atoms with Crippen molar-refractivity contribution >= 4 is 51.9 Å². The summed E-state index contributed by atoms with van der Waals surface area (Å²) in [7, 11) is 0. The molecule has 3 aromatic carbocycles. The first-order chi connectivity index (χ1) is 17.3. The quantitative estimate of drug-likeness (QED) is 0.237. The molecule has 0 aliphatic heterocycles. The molecule has 0 aliphatic rings. The zero-order valence-electron chi connectivity index (χ0n) is 19.0. The number of amides is 2. The SMILES string of the molecule is O=C(O)CCC(NC(=O)c1cc2ccccc2[nH]1)C(=O)NC(c1ccc(Cl)cc1)c1ccc(Cl)cc1. The standard InChI is InChI=1S/C27H23Cl2N3O4/c28-19-9-5-16(6-10-19)25(17-7-11-20(29)12-8-17)32-26(35)22(13-14-24(33)34)31-27(36)23-15-18-3-1-2-4-21(18)30-23/h1-12,15,22,25,30H,13-14H2,(H,31,36)(H,32,35)(H,33,34). The van der Waals surface area contributed by atoms with Gasteiger partial charge < -0.3 is 20.7 Å². The first kappa shape index (κ1) is 25.3. The molecule has 0 aliphatic carbocycles. The van der Waals surface area contributed by atoms with E-state index in [2.05, 4.69) is 15.6 Å². The summed E-state index contributed by atoms with van der Waals surface area (Å²) in [5, 5.41) is 16.8. The second kappa shape index (κ2) is 11.3. The number of hydrogen-bond acceptors (Lipinski definition) is 3. The highest BCUT2D eigenvalue weighted by molar-refractivity contribution is 6.30. The van der Waals surface area contributed by atoms with Gasteiger partial charge in [-0.05, 0) is 53.9 Å². The summed E-state index contributed by atoms with van der Waals surface area (Å²) in [6.07, 6.45) is -0.376. The first-order valence-corrected chi connectivity index (χ1v) is 12.0. The Bertz CT molecular complexity index is 1310. The van der Waals surface area contributed by atoms with Crippen LogP contribution in [0.3, 0.4) is 0 Å². The second-order valence-electron chi connectivity index (χ2n) is 8.27. The maximum absolute atomic E-state index is 13.4. The van der Waals surface area contributed by atoms with Crippen LogP contribution in [0.4, 0.5) is 0 Å². The fourth-order valence-corrected chi connectivity index (χ4v) is 4.13. The van der Waals surface area contributed by atoms with E-state index in [4.69, 9.17) is 23.2 Å². The van der Waals surface area contributed by atoms with Gasteiger partial charge in [0.15, 0.2) is 0 Å². The van der Waals surface area contributed by atoms with Crippen LogP contribution in [-0.4, -0.2) is 33.9 Å². The predicted molar refractivity (Wildman–Crippen MR) is 139 cm³/mol. The lowest BCUT2D eigenvalue weighted by molar-refractivity contribution is -0.137. The minimum Gasteiger partial charge on any atom is -0.481 e. The number of aliphatic carboxylic acids is 1. The van der Waals surface area contributed by atoms with Crippen molar-refractivity contribution in [3.63, 3.8) is 0 Å². The van der Waals surface area contributed by atoms with Gasteiger partial charge in [0.25, 0.3) is 5.91 Å². The summed E-state index contributed by atoms with van der Waals surface area (Å²) >= 11 is 12.1. The highest BCUT2D eigenvalue weighted by Crippen LogP contribution is 2.25. The Kier molecular flexibility index (Phi) is 7.93. The number of benzene rings is 3. The van der Waals surface area contributed by atoms with Crippen LogP contribution in [0.25, 0.3) is 10.9 Å². The predicted octanol–water partition coefficient (Wildman–Crippen LogP) is 5.34. The fourth-order valence-electron chi connectivity index (χ4n) is 3.88. The second-order valence-corrected chi connectivity index (χ2v) is 9.15. The van der Waals surface area contributed by atoms with Gasteiger partial charge in [0.1, 0.15) is 11.7 Å². The Labute approximate surface area is 217 Å². The number of hydrogen-bond donors (Lipinski definition) is 4. The maximum Gasteiger partial charge on any atom is 0.303 e. The van der Waals surface area contributed by atoms with Crippen LogP contribution in [0.1, 0.15) is 40.5 Å². The van der Waals surface area contributed by atoms with Crippen LogP contribution in [0.5, 0.6) is 0 Å². The van der Waals surface area contributed by atoms with Crippen molar-refractivity contribution in [3.05, 3.63) is 106 Å². The average Bonchev–Trinajstić information content (AvgIpc) is 3.30. The van der Waals surface area contributed by atoms with E-state index in [0.29, 0.717) is 10.0 Å². The molecule has 36 heavy (non-hydrogen) atoms. The van der Waals surface area contributed by atoms with Crippen LogP contribution >= 0.6 is 23.2 Å². The van der Waals surface area contributed by atoms with E-state index in [-0.39, 0.29) is 18.5 Å². The molecule has 184 valence electrons. The summed E-state index contributed by atoms with van der Waals surface area (Å²) in [6, 6.07) is 21.4. The minimum atomic E-state index is -1.08. The molecule has 7 nitrogen and oxygen atoms in total. The maximum atomic E-state index is 13.4.